The summed E-state index contributed by atoms with van der Waals surface area (Å²) in [5.41, 5.74) is 3.14. The Balaban J connectivity index is 2.30. The third kappa shape index (κ3) is 4.19. The second-order valence-electron chi connectivity index (χ2n) is 7.65. The smallest absolute Gasteiger partial charge is 0.246 e. The second-order valence-corrected chi connectivity index (χ2v) is 7.65. The molecule has 1 aromatic carbocycles. The molecule has 1 atom stereocenters. The molecule has 0 fully saturated rings. The zero-order valence-corrected chi connectivity index (χ0v) is 16.6. The Morgan fingerprint density at radius 3 is 2.54 bits per heavy atom. The van der Waals surface area contributed by atoms with Crippen LogP contribution in [0.5, 0.6) is 11.5 Å². The lowest BCUT2D eigenvalue weighted by atomic mass is 9.86. The number of nitro groups is 1. The minimum Gasteiger partial charge on any atom is -0.507 e. The molecule has 0 bridgehead atoms. The molecule has 26 heavy (non-hydrogen) atoms. The highest BCUT2D eigenvalue weighted by Crippen LogP contribution is 2.43. The first kappa shape index (κ1) is 20.3. The highest BCUT2D eigenvalue weighted by molar-refractivity contribution is 5.58. The molecule has 0 saturated heterocycles. The highest BCUT2D eigenvalue weighted by atomic mass is 16.6. The van der Waals surface area contributed by atoms with E-state index in [2.05, 4.69) is 6.92 Å². The number of hydrogen-bond acceptors (Lipinski definition) is 4. The molecule has 5 nitrogen and oxygen atoms in total. The van der Waals surface area contributed by atoms with E-state index in [4.69, 9.17) is 4.74 Å². The van der Waals surface area contributed by atoms with Crippen LogP contribution in [0, 0.1) is 30.9 Å². The molecule has 1 aliphatic rings. The first-order valence-corrected chi connectivity index (χ1v) is 9.57. The Bertz CT molecular complexity index is 723. The van der Waals surface area contributed by atoms with Crippen LogP contribution in [0.2, 0.25) is 0 Å². The number of aromatic hydroxyl groups is 1. The predicted octanol–water partition coefficient (Wildman–Crippen LogP) is 5.53. The van der Waals surface area contributed by atoms with Crippen molar-refractivity contribution >= 4 is 0 Å². The van der Waals surface area contributed by atoms with E-state index < -0.39 is 5.60 Å². The fourth-order valence-electron chi connectivity index (χ4n) is 3.67. The van der Waals surface area contributed by atoms with Crippen molar-refractivity contribution in [3.05, 3.63) is 44.1 Å². The third-order valence-electron chi connectivity index (χ3n) is 5.54. The van der Waals surface area contributed by atoms with E-state index >= 15 is 0 Å². The van der Waals surface area contributed by atoms with E-state index in [1.54, 1.807) is 6.08 Å². The Labute approximate surface area is 156 Å². The lowest BCUT2D eigenvalue weighted by Gasteiger charge is -2.35. The Morgan fingerprint density at radius 1 is 1.23 bits per heavy atom. The monoisotopic (exact) mass is 361 g/mol. The normalized spacial score (nSPS) is 19.8. The predicted molar refractivity (Wildman–Crippen MR) is 104 cm³/mol. The van der Waals surface area contributed by atoms with E-state index in [9.17, 15) is 15.2 Å². The van der Waals surface area contributed by atoms with Gasteiger partial charge in [0.25, 0.3) is 0 Å². The van der Waals surface area contributed by atoms with Crippen molar-refractivity contribution in [1.82, 2.24) is 0 Å². The molecule has 144 valence electrons. The fraction of sp³-hybridized carbons (Fsp3) is 0.619. The summed E-state index contributed by atoms with van der Waals surface area (Å²) in [6.07, 6.45) is 7.65. The van der Waals surface area contributed by atoms with E-state index in [0.29, 0.717) is 18.6 Å². The van der Waals surface area contributed by atoms with Gasteiger partial charge in [0.2, 0.25) is 5.70 Å². The average molecular weight is 361 g/mol. The van der Waals surface area contributed by atoms with Crippen LogP contribution in [0.4, 0.5) is 0 Å². The zero-order chi connectivity index (χ0) is 19.5. The number of nitrogens with zero attached hydrogens (tertiary/aromatic N) is 1. The maximum atomic E-state index is 11.5. The highest BCUT2D eigenvalue weighted by Gasteiger charge is 2.35. The SMILES string of the molecule is CCCCCCC(=CC1(C)CCc2c(C)c(O)c(C)c(C)c2O1)[N+](=O)[O-]. The van der Waals surface area contributed by atoms with Crippen molar-refractivity contribution in [2.45, 2.75) is 85.2 Å². The number of hydrogen-bond donors (Lipinski definition) is 1. The molecule has 1 aliphatic heterocycles. The summed E-state index contributed by atoms with van der Waals surface area (Å²) < 4.78 is 6.28. The molecule has 1 heterocycles. The summed E-state index contributed by atoms with van der Waals surface area (Å²) in [5, 5.41) is 21.8. The van der Waals surface area contributed by atoms with Crippen molar-refractivity contribution in [2.75, 3.05) is 0 Å². The molecule has 1 aromatic rings. The van der Waals surface area contributed by atoms with Crippen molar-refractivity contribution in [1.29, 1.82) is 0 Å². The molecule has 1 N–H and O–H groups in total. The lowest BCUT2D eigenvalue weighted by Crippen LogP contribution is -2.36. The van der Waals surface area contributed by atoms with E-state index in [1.807, 2.05) is 27.7 Å². The second kappa shape index (κ2) is 8.11. The molecule has 0 radical (unpaired) electrons. The van der Waals surface area contributed by atoms with Crippen LogP contribution >= 0.6 is 0 Å². The largest absolute Gasteiger partial charge is 0.507 e. The van der Waals surface area contributed by atoms with Gasteiger partial charge in [-0.3, -0.25) is 10.1 Å². The minimum atomic E-state index is -0.694. The molecule has 5 heteroatoms. The molecule has 0 amide bonds. The maximum Gasteiger partial charge on any atom is 0.246 e. The van der Waals surface area contributed by atoms with Crippen LogP contribution in [-0.4, -0.2) is 15.6 Å². The van der Waals surface area contributed by atoms with Crippen LogP contribution in [-0.2, 0) is 6.42 Å². The average Bonchev–Trinajstić information content (AvgIpc) is 2.60. The molecular weight excluding hydrogens is 330 g/mol. The van der Waals surface area contributed by atoms with Crippen LogP contribution < -0.4 is 4.74 Å². The molecular formula is C21H31NO4. The number of phenols is 1. The first-order chi connectivity index (χ1) is 12.2. The lowest BCUT2D eigenvalue weighted by molar-refractivity contribution is -0.429. The molecule has 0 aliphatic carbocycles. The molecule has 2 rings (SSSR count). The van der Waals surface area contributed by atoms with Gasteiger partial charge in [-0.1, -0.05) is 26.2 Å². The summed E-state index contributed by atoms with van der Waals surface area (Å²) in [7, 11) is 0. The summed E-state index contributed by atoms with van der Waals surface area (Å²) in [6.45, 7) is 9.75. The van der Waals surface area contributed by atoms with E-state index in [-0.39, 0.29) is 10.6 Å². The van der Waals surface area contributed by atoms with Gasteiger partial charge in [-0.05, 0) is 63.6 Å². The summed E-state index contributed by atoms with van der Waals surface area (Å²) in [6, 6.07) is 0. The van der Waals surface area contributed by atoms with Crippen LogP contribution in [0.15, 0.2) is 11.8 Å². The van der Waals surface area contributed by atoms with Gasteiger partial charge in [-0.2, -0.15) is 0 Å². The molecule has 0 spiro atoms. The summed E-state index contributed by atoms with van der Waals surface area (Å²) >= 11 is 0. The first-order valence-electron chi connectivity index (χ1n) is 9.57. The Hall–Kier alpha value is -2.04. The molecule has 1 unspecified atom stereocenters. The zero-order valence-electron chi connectivity index (χ0n) is 16.6. The van der Waals surface area contributed by atoms with Gasteiger partial charge in [-0.15, -0.1) is 0 Å². The van der Waals surface area contributed by atoms with Crippen LogP contribution in [0.1, 0.15) is 74.6 Å². The standard InChI is InChI=1S/C21H31NO4/c1-6-7-8-9-10-17(22(24)25)13-21(5)12-11-18-16(4)19(23)14(2)15(3)20(18)26-21/h13,23H,6-12H2,1-5H3. The number of benzene rings is 1. The number of ether oxygens (including phenoxy) is 1. The van der Waals surface area contributed by atoms with Crippen LogP contribution in [0.25, 0.3) is 0 Å². The number of phenolic OH excluding ortho intramolecular Hbond substituents is 1. The van der Waals surface area contributed by atoms with Crippen molar-refractivity contribution in [3.63, 3.8) is 0 Å². The number of rotatable bonds is 7. The van der Waals surface area contributed by atoms with E-state index in [1.165, 1.54) is 0 Å². The number of unbranched alkanes of at least 4 members (excludes halogenated alkanes) is 3. The maximum absolute atomic E-state index is 11.5. The molecule has 0 saturated carbocycles. The van der Waals surface area contributed by atoms with Gasteiger partial charge in [0.05, 0.1) is 4.92 Å². The number of fused-ring (bicyclic) bond motifs is 1. The van der Waals surface area contributed by atoms with Gasteiger partial charge in [0.15, 0.2) is 0 Å². The van der Waals surface area contributed by atoms with Crippen molar-refractivity contribution in [3.8, 4) is 11.5 Å². The summed E-state index contributed by atoms with van der Waals surface area (Å²) in [4.78, 5) is 11.2. The van der Waals surface area contributed by atoms with Crippen molar-refractivity contribution in [2.24, 2.45) is 0 Å². The van der Waals surface area contributed by atoms with E-state index in [0.717, 1.165) is 60.1 Å². The Morgan fingerprint density at radius 2 is 1.92 bits per heavy atom. The van der Waals surface area contributed by atoms with Gasteiger partial charge >= 0.3 is 0 Å². The quantitative estimate of drug-likeness (QED) is 0.393. The topological polar surface area (TPSA) is 72.6 Å². The van der Waals surface area contributed by atoms with Crippen LogP contribution in [0.3, 0.4) is 0 Å². The number of allylic oxidation sites excluding steroid dienone is 1. The molecule has 0 aromatic heterocycles. The minimum absolute atomic E-state index is 0.247. The van der Waals surface area contributed by atoms with Gasteiger partial charge in [0.1, 0.15) is 17.1 Å². The van der Waals surface area contributed by atoms with Gasteiger partial charge in [0, 0.05) is 18.1 Å². The Kier molecular flexibility index (Phi) is 6.32. The third-order valence-corrected chi connectivity index (χ3v) is 5.54. The van der Waals surface area contributed by atoms with Gasteiger partial charge < -0.3 is 9.84 Å². The fourth-order valence-corrected chi connectivity index (χ4v) is 3.67. The van der Waals surface area contributed by atoms with Gasteiger partial charge in [-0.25, -0.2) is 0 Å². The summed E-state index contributed by atoms with van der Waals surface area (Å²) in [5.74, 6) is 1.10. The van der Waals surface area contributed by atoms with Crippen molar-refractivity contribution < 1.29 is 14.8 Å².